The molecule has 2 aromatic rings. The SMILES string of the molecule is CCNC(=O)c1cccc(NC(=O)COC(=O)c2ccc(C(C)(C)C)cc2)c1. The van der Waals surface area contributed by atoms with Gasteiger partial charge in [0, 0.05) is 17.8 Å². The maximum absolute atomic E-state index is 12.1. The number of rotatable bonds is 6. The van der Waals surface area contributed by atoms with Gasteiger partial charge in [-0.15, -0.1) is 0 Å². The zero-order valence-electron chi connectivity index (χ0n) is 16.7. The first-order chi connectivity index (χ1) is 13.2. The topological polar surface area (TPSA) is 84.5 Å². The maximum atomic E-state index is 12.1. The first-order valence-corrected chi connectivity index (χ1v) is 9.16. The molecular formula is C22H26N2O4. The minimum Gasteiger partial charge on any atom is -0.452 e. The molecule has 0 saturated heterocycles. The third-order valence-corrected chi connectivity index (χ3v) is 4.07. The molecule has 28 heavy (non-hydrogen) atoms. The van der Waals surface area contributed by atoms with Crippen LogP contribution in [0.1, 0.15) is 54.0 Å². The molecule has 0 aromatic heterocycles. The van der Waals surface area contributed by atoms with Gasteiger partial charge in [0.1, 0.15) is 0 Å². The number of benzene rings is 2. The lowest BCUT2D eigenvalue weighted by Crippen LogP contribution is -2.23. The molecule has 2 amide bonds. The maximum Gasteiger partial charge on any atom is 0.338 e. The number of amides is 2. The molecule has 0 fully saturated rings. The lowest BCUT2D eigenvalue weighted by Gasteiger charge is -2.18. The van der Waals surface area contributed by atoms with Crippen LogP contribution < -0.4 is 10.6 Å². The van der Waals surface area contributed by atoms with E-state index in [1.54, 1.807) is 36.4 Å². The molecule has 0 atom stereocenters. The highest BCUT2D eigenvalue weighted by Crippen LogP contribution is 2.22. The number of anilines is 1. The molecule has 0 aliphatic rings. The Hall–Kier alpha value is -3.15. The van der Waals surface area contributed by atoms with Crippen LogP contribution >= 0.6 is 0 Å². The molecule has 2 aromatic carbocycles. The normalized spacial score (nSPS) is 10.9. The number of carbonyl (C=O) groups is 3. The fourth-order valence-corrected chi connectivity index (χ4v) is 2.52. The number of carbonyl (C=O) groups excluding carboxylic acids is 3. The molecule has 0 aliphatic carbocycles. The monoisotopic (exact) mass is 382 g/mol. The highest BCUT2D eigenvalue weighted by molar-refractivity contribution is 5.98. The molecule has 0 aliphatic heterocycles. The van der Waals surface area contributed by atoms with Gasteiger partial charge in [-0.2, -0.15) is 0 Å². The lowest BCUT2D eigenvalue weighted by atomic mass is 9.87. The fraction of sp³-hybridized carbons (Fsp3) is 0.318. The second kappa shape index (κ2) is 9.17. The van der Waals surface area contributed by atoms with Crippen molar-refractivity contribution < 1.29 is 19.1 Å². The summed E-state index contributed by atoms with van der Waals surface area (Å²) in [6, 6.07) is 13.7. The van der Waals surface area contributed by atoms with Crippen molar-refractivity contribution in [3.63, 3.8) is 0 Å². The Morgan fingerprint density at radius 1 is 0.964 bits per heavy atom. The van der Waals surface area contributed by atoms with Gasteiger partial charge in [-0.1, -0.05) is 39.0 Å². The first kappa shape index (κ1) is 21.2. The number of ether oxygens (including phenoxy) is 1. The Kier molecular flexibility index (Phi) is 6.93. The zero-order valence-corrected chi connectivity index (χ0v) is 16.7. The van der Waals surface area contributed by atoms with E-state index in [1.165, 1.54) is 0 Å². The molecule has 6 heteroatoms. The summed E-state index contributed by atoms with van der Waals surface area (Å²) in [6.45, 7) is 8.20. The standard InChI is InChI=1S/C22H26N2O4/c1-5-23-20(26)16-7-6-8-18(13-16)24-19(25)14-28-21(27)15-9-11-17(12-10-15)22(2,3)4/h6-13H,5,14H2,1-4H3,(H,23,26)(H,24,25). The molecule has 0 unspecified atom stereocenters. The number of hydrogen-bond acceptors (Lipinski definition) is 4. The first-order valence-electron chi connectivity index (χ1n) is 9.16. The van der Waals surface area contributed by atoms with Crippen molar-refractivity contribution in [2.24, 2.45) is 0 Å². The van der Waals surface area contributed by atoms with Gasteiger partial charge in [0.15, 0.2) is 6.61 Å². The molecular weight excluding hydrogens is 356 g/mol. The third kappa shape index (κ3) is 5.94. The van der Waals surface area contributed by atoms with Crippen molar-refractivity contribution >= 4 is 23.5 Å². The Morgan fingerprint density at radius 2 is 1.64 bits per heavy atom. The Labute approximate surface area is 165 Å². The molecule has 0 bridgehead atoms. The summed E-state index contributed by atoms with van der Waals surface area (Å²) in [4.78, 5) is 36.0. The predicted octanol–water partition coefficient (Wildman–Crippen LogP) is 3.53. The molecule has 148 valence electrons. The predicted molar refractivity (Wildman–Crippen MR) is 109 cm³/mol. The molecule has 0 saturated carbocycles. The summed E-state index contributed by atoms with van der Waals surface area (Å²) in [5, 5.41) is 5.31. The van der Waals surface area contributed by atoms with Crippen LogP contribution in [0.4, 0.5) is 5.69 Å². The quantitative estimate of drug-likeness (QED) is 0.749. The van der Waals surface area contributed by atoms with Crippen molar-refractivity contribution in [3.8, 4) is 0 Å². The average Bonchev–Trinajstić information content (AvgIpc) is 2.66. The van der Waals surface area contributed by atoms with Gasteiger partial charge in [-0.3, -0.25) is 9.59 Å². The van der Waals surface area contributed by atoms with E-state index in [0.29, 0.717) is 23.4 Å². The van der Waals surface area contributed by atoms with E-state index in [2.05, 4.69) is 31.4 Å². The van der Waals surface area contributed by atoms with Gasteiger partial charge in [0.05, 0.1) is 5.56 Å². The summed E-state index contributed by atoms with van der Waals surface area (Å²) in [7, 11) is 0. The van der Waals surface area contributed by atoms with Gasteiger partial charge < -0.3 is 15.4 Å². The number of esters is 1. The summed E-state index contributed by atoms with van der Waals surface area (Å²) in [5.41, 5.74) is 2.38. The van der Waals surface area contributed by atoms with Crippen LogP contribution in [0.3, 0.4) is 0 Å². The van der Waals surface area contributed by atoms with E-state index >= 15 is 0 Å². The highest BCUT2D eigenvalue weighted by atomic mass is 16.5. The van der Waals surface area contributed by atoms with E-state index in [9.17, 15) is 14.4 Å². The van der Waals surface area contributed by atoms with Gasteiger partial charge in [-0.25, -0.2) is 4.79 Å². The molecule has 0 heterocycles. The van der Waals surface area contributed by atoms with Gasteiger partial charge in [0.25, 0.3) is 11.8 Å². The van der Waals surface area contributed by atoms with Crippen LogP contribution in [0.2, 0.25) is 0 Å². The Bertz CT molecular complexity index is 852. The minimum absolute atomic E-state index is 0.00904. The smallest absolute Gasteiger partial charge is 0.338 e. The van der Waals surface area contributed by atoms with E-state index in [-0.39, 0.29) is 11.3 Å². The summed E-state index contributed by atoms with van der Waals surface area (Å²) >= 11 is 0. The van der Waals surface area contributed by atoms with Crippen LogP contribution in [0.15, 0.2) is 48.5 Å². The number of hydrogen-bond donors (Lipinski definition) is 2. The molecule has 2 N–H and O–H groups in total. The van der Waals surface area contributed by atoms with Crippen LogP contribution in [0, 0.1) is 0 Å². The van der Waals surface area contributed by atoms with Gasteiger partial charge in [0.2, 0.25) is 0 Å². The molecule has 2 rings (SSSR count). The van der Waals surface area contributed by atoms with Crippen molar-refractivity contribution in [2.45, 2.75) is 33.1 Å². The van der Waals surface area contributed by atoms with Crippen LogP contribution in [-0.2, 0) is 14.9 Å². The summed E-state index contributed by atoms with van der Waals surface area (Å²) < 4.78 is 5.07. The summed E-state index contributed by atoms with van der Waals surface area (Å²) in [6.07, 6.45) is 0. The second-order valence-electron chi connectivity index (χ2n) is 7.39. The van der Waals surface area contributed by atoms with Crippen LogP contribution in [-0.4, -0.2) is 30.9 Å². The molecule has 0 radical (unpaired) electrons. The Balaban J connectivity index is 1.91. The molecule has 0 spiro atoms. The van der Waals surface area contributed by atoms with Crippen molar-refractivity contribution in [1.82, 2.24) is 5.32 Å². The van der Waals surface area contributed by atoms with E-state index < -0.39 is 18.5 Å². The van der Waals surface area contributed by atoms with Gasteiger partial charge >= 0.3 is 5.97 Å². The lowest BCUT2D eigenvalue weighted by molar-refractivity contribution is -0.119. The van der Waals surface area contributed by atoms with Gasteiger partial charge in [-0.05, 0) is 48.2 Å². The fourth-order valence-electron chi connectivity index (χ4n) is 2.52. The van der Waals surface area contributed by atoms with E-state index in [1.807, 2.05) is 19.1 Å². The van der Waals surface area contributed by atoms with E-state index in [4.69, 9.17) is 4.74 Å². The highest BCUT2D eigenvalue weighted by Gasteiger charge is 2.15. The zero-order chi connectivity index (χ0) is 20.7. The van der Waals surface area contributed by atoms with Crippen LogP contribution in [0.25, 0.3) is 0 Å². The van der Waals surface area contributed by atoms with Crippen LogP contribution in [0.5, 0.6) is 0 Å². The average molecular weight is 382 g/mol. The third-order valence-electron chi connectivity index (χ3n) is 4.07. The van der Waals surface area contributed by atoms with Crippen molar-refractivity contribution in [3.05, 3.63) is 65.2 Å². The largest absolute Gasteiger partial charge is 0.452 e. The molecule has 6 nitrogen and oxygen atoms in total. The Morgan fingerprint density at radius 3 is 2.25 bits per heavy atom. The number of nitrogens with one attached hydrogen (secondary N) is 2. The minimum atomic E-state index is -0.563. The van der Waals surface area contributed by atoms with Crippen molar-refractivity contribution in [1.29, 1.82) is 0 Å². The summed E-state index contributed by atoms with van der Waals surface area (Å²) in [5.74, 6) is -1.26. The van der Waals surface area contributed by atoms with E-state index in [0.717, 1.165) is 5.56 Å². The van der Waals surface area contributed by atoms with Crippen molar-refractivity contribution in [2.75, 3.05) is 18.5 Å². The second-order valence-corrected chi connectivity index (χ2v) is 7.39.